The molecule has 1 heterocycles. The van der Waals surface area contributed by atoms with Crippen LogP contribution < -0.4 is 5.32 Å². The minimum Gasteiger partial charge on any atom is -0.352 e. The van der Waals surface area contributed by atoms with Crippen molar-refractivity contribution in [1.82, 2.24) is 10.2 Å². The van der Waals surface area contributed by atoms with E-state index in [2.05, 4.69) is 10.2 Å². The number of likely N-dealkylation sites (tertiary alicyclic amines) is 1. The average Bonchev–Trinajstić information content (AvgIpc) is 3.23. The summed E-state index contributed by atoms with van der Waals surface area (Å²) in [5, 5.41) is 3.05. The Hall–Kier alpha value is -1.68. The van der Waals surface area contributed by atoms with Crippen molar-refractivity contribution in [2.75, 3.05) is 19.6 Å². The molecule has 2 fully saturated rings. The number of nitrogens with one attached hydrogen (secondary N) is 1. The SMILES string of the molecule is CC(=O)c1ccc(C(=O)NC[C@H]2CCN(C3CCCC3)C2)cc1. The highest BCUT2D eigenvalue weighted by Crippen LogP contribution is 2.28. The van der Waals surface area contributed by atoms with Crippen molar-refractivity contribution >= 4 is 11.7 Å². The van der Waals surface area contributed by atoms with Crippen LogP contribution in [-0.4, -0.2) is 42.3 Å². The Labute approximate surface area is 138 Å². The zero-order valence-electron chi connectivity index (χ0n) is 13.9. The summed E-state index contributed by atoms with van der Waals surface area (Å²) in [6.45, 7) is 4.58. The summed E-state index contributed by atoms with van der Waals surface area (Å²) in [5.74, 6) is 0.547. The van der Waals surface area contributed by atoms with Gasteiger partial charge in [-0.05, 0) is 50.8 Å². The fraction of sp³-hybridized carbons (Fsp3) is 0.579. The maximum absolute atomic E-state index is 12.2. The van der Waals surface area contributed by atoms with Gasteiger partial charge in [-0.15, -0.1) is 0 Å². The standard InChI is InChI=1S/C19H26N2O2/c1-14(22)16-6-8-17(9-7-16)19(23)20-12-15-10-11-21(13-15)18-4-2-3-5-18/h6-9,15,18H,2-5,10-13H2,1H3,(H,20,23)/t15-/m1/s1. The zero-order chi connectivity index (χ0) is 16.2. The molecular weight excluding hydrogens is 288 g/mol. The summed E-state index contributed by atoms with van der Waals surface area (Å²) in [6.07, 6.45) is 6.63. The molecule has 124 valence electrons. The Bertz CT molecular complexity index is 561. The Balaban J connectivity index is 1.46. The van der Waals surface area contributed by atoms with Gasteiger partial charge in [0.25, 0.3) is 5.91 Å². The predicted molar refractivity (Wildman–Crippen MR) is 90.7 cm³/mol. The van der Waals surface area contributed by atoms with Crippen LogP contribution in [-0.2, 0) is 0 Å². The molecule has 0 spiro atoms. The summed E-state index contributed by atoms with van der Waals surface area (Å²) in [5.41, 5.74) is 1.27. The number of hydrogen-bond donors (Lipinski definition) is 1. The van der Waals surface area contributed by atoms with Gasteiger partial charge >= 0.3 is 0 Å². The number of Topliss-reactive ketones (excluding diaryl/α,β-unsaturated/α-hetero) is 1. The zero-order valence-corrected chi connectivity index (χ0v) is 13.9. The van der Waals surface area contributed by atoms with Gasteiger partial charge in [0.2, 0.25) is 0 Å². The van der Waals surface area contributed by atoms with Crippen molar-refractivity contribution in [2.24, 2.45) is 5.92 Å². The van der Waals surface area contributed by atoms with E-state index in [1.807, 2.05) is 0 Å². The Morgan fingerprint density at radius 3 is 2.39 bits per heavy atom. The molecule has 0 aromatic heterocycles. The average molecular weight is 314 g/mol. The van der Waals surface area contributed by atoms with Crippen LogP contribution in [0, 0.1) is 5.92 Å². The lowest BCUT2D eigenvalue weighted by Gasteiger charge is -2.23. The molecule has 1 aliphatic heterocycles. The largest absolute Gasteiger partial charge is 0.352 e. The van der Waals surface area contributed by atoms with Crippen molar-refractivity contribution in [3.63, 3.8) is 0 Å². The fourth-order valence-electron chi connectivity index (χ4n) is 3.83. The van der Waals surface area contributed by atoms with E-state index in [0.717, 1.165) is 19.1 Å². The van der Waals surface area contributed by atoms with E-state index in [0.29, 0.717) is 17.0 Å². The molecule has 4 nitrogen and oxygen atoms in total. The molecule has 1 saturated carbocycles. The van der Waals surface area contributed by atoms with Gasteiger partial charge < -0.3 is 10.2 Å². The molecule has 4 heteroatoms. The van der Waals surface area contributed by atoms with E-state index < -0.39 is 0 Å². The molecular formula is C19H26N2O2. The molecule has 1 N–H and O–H groups in total. The summed E-state index contributed by atoms with van der Waals surface area (Å²) in [4.78, 5) is 26.1. The number of rotatable bonds is 5. The first-order valence-electron chi connectivity index (χ1n) is 8.77. The molecule has 0 radical (unpaired) electrons. The number of carbonyl (C=O) groups is 2. The molecule has 23 heavy (non-hydrogen) atoms. The first kappa shape index (κ1) is 16.2. The topological polar surface area (TPSA) is 49.4 Å². The van der Waals surface area contributed by atoms with E-state index in [9.17, 15) is 9.59 Å². The van der Waals surface area contributed by atoms with Gasteiger partial charge in [0.1, 0.15) is 0 Å². The second-order valence-electron chi connectivity index (χ2n) is 6.93. The van der Waals surface area contributed by atoms with Crippen LogP contribution in [0.4, 0.5) is 0 Å². The third kappa shape index (κ3) is 3.99. The highest BCUT2D eigenvalue weighted by molar-refractivity contribution is 5.97. The number of amides is 1. The minimum atomic E-state index is -0.0422. The molecule has 3 rings (SSSR count). The summed E-state index contributed by atoms with van der Waals surface area (Å²) < 4.78 is 0. The predicted octanol–water partition coefficient (Wildman–Crippen LogP) is 2.88. The first-order valence-corrected chi connectivity index (χ1v) is 8.77. The third-order valence-electron chi connectivity index (χ3n) is 5.26. The number of nitrogens with zero attached hydrogens (tertiary/aromatic N) is 1. The van der Waals surface area contributed by atoms with Crippen LogP contribution in [0.5, 0.6) is 0 Å². The van der Waals surface area contributed by atoms with Crippen molar-refractivity contribution in [3.8, 4) is 0 Å². The molecule has 0 unspecified atom stereocenters. The molecule has 2 aliphatic rings. The molecule has 1 aromatic rings. The second-order valence-corrected chi connectivity index (χ2v) is 6.93. The molecule has 1 amide bonds. The fourth-order valence-corrected chi connectivity index (χ4v) is 3.83. The van der Waals surface area contributed by atoms with Gasteiger partial charge in [0.15, 0.2) is 5.78 Å². The Kier molecular flexibility index (Phi) is 5.11. The maximum atomic E-state index is 12.2. The van der Waals surface area contributed by atoms with E-state index in [-0.39, 0.29) is 11.7 Å². The lowest BCUT2D eigenvalue weighted by Crippen LogP contribution is -2.34. The molecule has 1 aromatic carbocycles. The van der Waals surface area contributed by atoms with Gasteiger partial charge in [0.05, 0.1) is 0 Å². The highest BCUT2D eigenvalue weighted by Gasteiger charge is 2.29. The van der Waals surface area contributed by atoms with Crippen LogP contribution >= 0.6 is 0 Å². The highest BCUT2D eigenvalue weighted by atomic mass is 16.1. The number of hydrogen-bond acceptors (Lipinski definition) is 3. The third-order valence-corrected chi connectivity index (χ3v) is 5.26. The van der Waals surface area contributed by atoms with Crippen LogP contribution in [0.2, 0.25) is 0 Å². The van der Waals surface area contributed by atoms with Crippen molar-refractivity contribution in [1.29, 1.82) is 0 Å². The summed E-state index contributed by atoms with van der Waals surface area (Å²) >= 11 is 0. The lowest BCUT2D eigenvalue weighted by molar-refractivity contribution is 0.0945. The van der Waals surface area contributed by atoms with Gasteiger partial charge in [-0.25, -0.2) is 0 Å². The second kappa shape index (κ2) is 7.26. The number of benzene rings is 1. The lowest BCUT2D eigenvalue weighted by atomic mass is 10.1. The van der Waals surface area contributed by atoms with Crippen LogP contribution in [0.3, 0.4) is 0 Å². The number of carbonyl (C=O) groups excluding carboxylic acids is 2. The number of ketones is 1. The smallest absolute Gasteiger partial charge is 0.251 e. The van der Waals surface area contributed by atoms with Gasteiger partial charge in [-0.1, -0.05) is 25.0 Å². The summed E-state index contributed by atoms with van der Waals surface area (Å²) in [6, 6.07) is 7.68. The normalized spacial score (nSPS) is 22.4. The maximum Gasteiger partial charge on any atom is 0.251 e. The van der Waals surface area contributed by atoms with E-state index in [1.165, 1.54) is 45.6 Å². The quantitative estimate of drug-likeness (QED) is 0.850. The van der Waals surface area contributed by atoms with Gasteiger partial charge in [0, 0.05) is 30.3 Å². The van der Waals surface area contributed by atoms with E-state index >= 15 is 0 Å². The van der Waals surface area contributed by atoms with Crippen LogP contribution in [0.1, 0.15) is 59.7 Å². The minimum absolute atomic E-state index is 0.0231. The monoisotopic (exact) mass is 314 g/mol. The first-order chi connectivity index (χ1) is 11.1. The molecule has 1 aliphatic carbocycles. The Morgan fingerprint density at radius 1 is 1.09 bits per heavy atom. The van der Waals surface area contributed by atoms with Gasteiger partial charge in [-0.3, -0.25) is 9.59 Å². The van der Waals surface area contributed by atoms with Crippen LogP contribution in [0.25, 0.3) is 0 Å². The van der Waals surface area contributed by atoms with Crippen molar-refractivity contribution < 1.29 is 9.59 Å². The van der Waals surface area contributed by atoms with Gasteiger partial charge in [-0.2, -0.15) is 0 Å². The Morgan fingerprint density at radius 2 is 1.74 bits per heavy atom. The van der Waals surface area contributed by atoms with Crippen molar-refractivity contribution in [2.45, 2.75) is 45.1 Å². The molecule has 0 bridgehead atoms. The molecule has 1 saturated heterocycles. The van der Waals surface area contributed by atoms with Crippen LogP contribution in [0.15, 0.2) is 24.3 Å². The van der Waals surface area contributed by atoms with Crippen molar-refractivity contribution in [3.05, 3.63) is 35.4 Å². The van der Waals surface area contributed by atoms with E-state index in [4.69, 9.17) is 0 Å². The summed E-state index contributed by atoms with van der Waals surface area (Å²) in [7, 11) is 0. The van der Waals surface area contributed by atoms with E-state index in [1.54, 1.807) is 24.3 Å². The molecule has 1 atom stereocenters.